The molecule has 4 nitrogen and oxygen atoms in total. The normalized spacial score (nSPS) is 19.5. The smallest absolute Gasteiger partial charge is 0.232 e. The summed E-state index contributed by atoms with van der Waals surface area (Å²) in [4.78, 5) is 20.3. The van der Waals surface area contributed by atoms with Gasteiger partial charge in [0.25, 0.3) is 0 Å². The molecule has 2 unspecified atom stereocenters. The number of rotatable bonds is 3. The summed E-state index contributed by atoms with van der Waals surface area (Å²) < 4.78 is 27.8. The standard InChI is InChI=1S/C17H13F2N3OS/c1-8-3-2-4-10(18)15(8)12-6-14-13(7-20-12)21-17(24-14)22-16(23)9-5-11(9)19/h2-4,6-7,9,11H,5H2,1H3,(H,21,22,23). The van der Waals surface area contributed by atoms with Crippen LogP contribution in [0.25, 0.3) is 21.5 Å². The number of benzene rings is 1. The Labute approximate surface area is 140 Å². The fourth-order valence-electron chi connectivity index (χ4n) is 2.61. The van der Waals surface area contributed by atoms with Crippen molar-refractivity contribution in [2.75, 3.05) is 5.32 Å². The summed E-state index contributed by atoms with van der Waals surface area (Å²) in [5.74, 6) is -1.24. The van der Waals surface area contributed by atoms with Crippen molar-refractivity contribution in [2.24, 2.45) is 5.92 Å². The molecule has 0 spiro atoms. The van der Waals surface area contributed by atoms with E-state index in [2.05, 4.69) is 15.3 Å². The van der Waals surface area contributed by atoms with Crippen LogP contribution < -0.4 is 5.32 Å². The quantitative estimate of drug-likeness (QED) is 0.777. The average Bonchev–Trinajstić information content (AvgIpc) is 3.13. The Bertz CT molecular complexity index is 936. The van der Waals surface area contributed by atoms with Crippen LogP contribution in [0.4, 0.5) is 13.9 Å². The molecule has 7 heteroatoms. The van der Waals surface area contributed by atoms with Gasteiger partial charge in [0.2, 0.25) is 5.91 Å². The summed E-state index contributed by atoms with van der Waals surface area (Å²) >= 11 is 1.26. The summed E-state index contributed by atoms with van der Waals surface area (Å²) in [6.45, 7) is 1.83. The molecule has 1 aliphatic rings. The molecule has 1 aromatic carbocycles. The van der Waals surface area contributed by atoms with Gasteiger partial charge < -0.3 is 5.32 Å². The molecule has 1 saturated carbocycles. The number of anilines is 1. The first-order chi connectivity index (χ1) is 11.5. The van der Waals surface area contributed by atoms with Gasteiger partial charge in [-0.15, -0.1) is 0 Å². The Morgan fingerprint density at radius 3 is 2.92 bits per heavy atom. The van der Waals surface area contributed by atoms with Gasteiger partial charge in [-0.05, 0) is 31.0 Å². The number of thiazole rings is 1. The fraction of sp³-hybridized carbons (Fsp3) is 0.235. The van der Waals surface area contributed by atoms with Gasteiger partial charge in [-0.3, -0.25) is 9.78 Å². The first-order valence-electron chi connectivity index (χ1n) is 7.50. The summed E-state index contributed by atoms with van der Waals surface area (Å²) in [6.07, 6.45) is 0.781. The Morgan fingerprint density at radius 1 is 1.42 bits per heavy atom. The Morgan fingerprint density at radius 2 is 2.21 bits per heavy atom. The fourth-order valence-corrected chi connectivity index (χ4v) is 3.49. The molecule has 1 aliphatic carbocycles. The molecule has 0 aliphatic heterocycles. The van der Waals surface area contributed by atoms with Crippen molar-refractivity contribution < 1.29 is 13.6 Å². The molecule has 2 aromatic heterocycles. The van der Waals surface area contributed by atoms with Gasteiger partial charge in [0.05, 0.1) is 22.5 Å². The number of carbonyl (C=O) groups is 1. The van der Waals surface area contributed by atoms with E-state index in [0.29, 0.717) is 21.9 Å². The summed E-state index contributed by atoms with van der Waals surface area (Å²) in [7, 11) is 0. The van der Waals surface area contributed by atoms with E-state index in [4.69, 9.17) is 0 Å². The van der Waals surface area contributed by atoms with Crippen LogP contribution in [0.2, 0.25) is 0 Å². The predicted octanol–water partition coefficient (Wildman–Crippen LogP) is 4.10. The van der Waals surface area contributed by atoms with E-state index in [9.17, 15) is 13.6 Å². The number of fused-ring (bicyclic) bond motifs is 1. The van der Waals surface area contributed by atoms with Gasteiger partial charge >= 0.3 is 0 Å². The molecule has 122 valence electrons. The lowest BCUT2D eigenvalue weighted by Gasteiger charge is -2.06. The van der Waals surface area contributed by atoms with Crippen LogP contribution in [0.1, 0.15) is 12.0 Å². The number of nitrogens with zero attached hydrogens (tertiary/aromatic N) is 2. The zero-order valence-corrected chi connectivity index (χ0v) is 13.5. The van der Waals surface area contributed by atoms with E-state index < -0.39 is 12.1 Å². The van der Waals surface area contributed by atoms with Crippen molar-refractivity contribution in [1.29, 1.82) is 0 Å². The molecule has 4 rings (SSSR count). The minimum absolute atomic E-state index is 0.273. The van der Waals surface area contributed by atoms with Crippen LogP contribution in [0, 0.1) is 18.7 Å². The first-order valence-corrected chi connectivity index (χ1v) is 8.31. The third-order valence-electron chi connectivity index (χ3n) is 4.03. The second-order valence-electron chi connectivity index (χ2n) is 5.84. The van der Waals surface area contributed by atoms with E-state index in [1.54, 1.807) is 18.3 Å². The van der Waals surface area contributed by atoms with Gasteiger partial charge in [0, 0.05) is 5.56 Å². The monoisotopic (exact) mass is 345 g/mol. The van der Waals surface area contributed by atoms with E-state index in [1.165, 1.54) is 17.4 Å². The molecule has 2 heterocycles. The first kappa shape index (κ1) is 15.1. The van der Waals surface area contributed by atoms with Crippen LogP contribution in [0.5, 0.6) is 0 Å². The minimum Gasteiger partial charge on any atom is -0.302 e. The van der Waals surface area contributed by atoms with E-state index in [1.807, 2.05) is 13.0 Å². The molecule has 24 heavy (non-hydrogen) atoms. The number of halogens is 2. The third kappa shape index (κ3) is 2.65. The average molecular weight is 345 g/mol. The topological polar surface area (TPSA) is 54.9 Å². The SMILES string of the molecule is Cc1cccc(F)c1-c1cc2sc(NC(=O)C3CC3F)nc2cn1. The number of hydrogen-bond acceptors (Lipinski definition) is 4. The van der Waals surface area contributed by atoms with Crippen LogP contribution in [-0.4, -0.2) is 22.0 Å². The third-order valence-corrected chi connectivity index (χ3v) is 4.97. The van der Waals surface area contributed by atoms with E-state index in [0.717, 1.165) is 10.3 Å². The van der Waals surface area contributed by atoms with Gasteiger partial charge in [0.1, 0.15) is 17.5 Å². The zero-order chi connectivity index (χ0) is 16.8. The molecule has 0 radical (unpaired) electrons. The highest BCUT2D eigenvalue weighted by Crippen LogP contribution is 2.36. The Balaban J connectivity index is 1.67. The van der Waals surface area contributed by atoms with Crippen molar-refractivity contribution in [1.82, 2.24) is 9.97 Å². The molecular formula is C17H13F2N3OS. The number of aromatic nitrogens is 2. The molecule has 1 fully saturated rings. The van der Waals surface area contributed by atoms with Crippen molar-refractivity contribution in [3.05, 3.63) is 41.8 Å². The summed E-state index contributed by atoms with van der Waals surface area (Å²) in [5.41, 5.74) is 2.38. The van der Waals surface area contributed by atoms with Gasteiger partial charge in [-0.2, -0.15) is 0 Å². The molecule has 1 N–H and O–H groups in total. The minimum atomic E-state index is -1.04. The lowest BCUT2D eigenvalue weighted by atomic mass is 10.0. The lowest BCUT2D eigenvalue weighted by Crippen LogP contribution is -2.14. The van der Waals surface area contributed by atoms with Crippen LogP contribution >= 0.6 is 11.3 Å². The maximum atomic E-state index is 14.1. The van der Waals surface area contributed by atoms with E-state index in [-0.39, 0.29) is 18.1 Å². The number of alkyl halides is 1. The van der Waals surface area contributed by atoms with Crippen molar-refractivity contribution in [2.45, 2.75) is 19.5 Å². The maximum Gasteiger partial charge on any atom is 0.232 e. The number of amides is 1. The number of nitrogens with one attached hydrogen (secondary N) is 1. The lowest BCUT2D eigenvalue weighted by molar-refractivity contribution is -0.117. The summed E-state index contributed by atoms with van der Waals surface area (Å²) in [5, 5.41) is 3.03. The molecule has 0 bridgehead atoms. The van der Waals surface area contributed by atoms with Crippen molar-refractivity contribution in [3.8, 4) is 11.3 Å². The molecule has 1 amide bonds. The van der Waals surface area contributed by atoms with Crippen LogP contribution in [-0.2, 0) is 4.79 Å². The van der Waals surface area contributed by atoms with Crippen LogP contribution in [0.15, 0.2) is 30.5 Å². The highest BCUT2D eigenvalue weighted by Gasteiger charge is 2.43. The van der Waals surface area contributed by atoms with Gasteiger partial charge in [-0.25, -0.2) is 13.8 Å². The predicted molar refractivity (Wildman–Crippen MR) is 89.2 cm³/mol. The molecule has 2 atom stereocenters. The van der Waals surface area contributed by atoms with Crippen LogP contribution in [0.3, 0.4) is 0 Å². The zero-order valence-electron chi connectivity index (χ0n) is 12.7. The molecule has 0 saturated heterocycles. The van der Waals surface area contributed by atoms with Gasteiger partial charge in [0.15, 0.2) is 5.13 Å². The highest BCUT2D eigenvalue weighted by atomic mass is 32.1. The summed E-state index contributed by atoms with van der Waals surface area (Å²) in [6, 6.07) is 6.63. The second kappa shape index (κ2) is 5.59. The molecule has 3 aromatic rings. The number of hydrogen-bond donors (Lipinski definition) is 1. The van der Waals surface area contributed by atoms with Crippen molar-refractivity contribution >= 4 is 32.6 Å². The number of pyridine rings is 1. The molecular weight excluding hydrogens is 332 g/mol. The number of aryl methyl sites for hydroxylation is 1. The maximum absolute atomic E-state index is 14.1. The van der Waals surface area contributed by atoms with Crippen molar-refractivity contribution in [3.63, 3.8) is 0 Å². The Kier molecular flexibility index (Phi) is 3.53. The van der Waals surface area contributed by atoms with Gasteiger partial charge in [-0.1, -0.05) is 23.5 Å². The largest absolute Gasteiger partial charge is 0.302 e. The highest BCUT2D eigenvalue weighted by molar-refractivity contribution is 7.22. The second-order valence-corrected chi connectivity index (χ2v) is 6.87. The van der Waals surface area contributed by atoms with E-state index >= 15 is 0 Å². The Hall–Kier alpha value is -2.41. The number of carbonyl (C=O) groups excluding carboxylic acids is 1.